The number of hydrogen-bond acceptors (Lipinski definition) is 8. The molecule has 0 fully saturated rings. The van der Waals surface area contributed by atoms with Gasteiger partial charge in [0.1, 0.15) is 18.1 Å². The molecule has 0 aliphatic carbocycles. The van der Waals surface area contributed by atoms with Gasteiger partial charge in [-0.2, -0.15) is 0 Å². The van der Waals surface area contributed by atoms with Crippen LogP contribution in [0, 0.1) is 6.92 Å². The summed E-state index contributed by atoms with van der Waals surface area (Å²) in [7, 11) is -4.27. The number of aryl methyl sites for hydroxylation is 1. The third kappa shape index (κ3) is 6.39. The topological polar surface area (TPSA) is 113 Å². The van der Waals surface area contributed by atoms with Crippen molar-refractivity contribution in [3.05, 3.63) is 53.6 Å². The molecule has 2 aromatic rings. The smallest absolute Gasteiger partial charge is 0.494 e. The second-order valence-corrected chi connectivity index (χ2v) is 7.31. The molecule has 0 unspecified atom stereocenters. The number of anilines is 1. The number of rotatable bonds is 9. The molecule has 0 bridgehead atoms. The van der Waals surface area contributed by atoms with Crippen LogP contribution in [0.2, 0.25) is 0 Å². The third-order valence-corrected chi connectivity index (χ3v) is 4.51. The normalized spacial score (nSPS) is 13.3. The monoisotopic (exact) mass is 420 g/mol. The zero-order valence-electron chi connectivity index (χ0n) is 15.7. The van der Waals surface area contributed by atoms with Gasteiger partial charge in [0.2, 0.25) is 0 Å². The molecule has 154 valence electrons. The third-order valence-electron chi connectivity index (χ3n) is 3.85. The van der Waals surface area contributed by atoms with Gasteiger partial charge in [0.05, 0.1) is 12.3 Å². The molecule has 1 N–H and O–H groups in total. The highest BCUT2D eigenvalue weighted by molar-refractivity contribution is 7.82. The van der Waals surface area contributed by atoms with Crippen LogP contribution in [0.1, 0.15) is 24.0 Å². The summed E-state index contributed by atoms with van der Waals surface area (Å²) in [6.07, 6.45) is 1.90. The van der Waals surface area contributed by atoms with E-state index < -0.39 is 16.5 Å². The fourth-order valence-electron chi connectivity index (χ4n) is 2.42. The minimum absolute atomic E-state index is 0.147. The largest absolute Gasteiger partial charge is 0.521 e. The molecule has 0 radical (unpaired) electrons. The zero-order chi connectivity index (χ0) is 20.7. The lowest BCUT2D eigenvalue weighted by Gasteiger charge is -2.18. The van der Waals surface area contributed by atoms with Gasteiger partial charge in [0, 0.05) is 11.8 Å². The van der Waals surface area contributed by atoms with Crippen molar-refractivity contribution in [1.29, 1.82) is 0 Å². The van der Waals surface area contributed by atoms with Gasteiger partial charge in [-0.15, -0.1) is 8.42 Å². The highest BCUT2D eigenvalue weighted by atomic mass is 32.3. The summed E-state index contributed by atoms with van der Waals surface area (Å²) in [5, 5.41) is 6.02. The van der Waals surface area contributed by atoms with Gasteiger partial charge in [-0.25, -0.2) is 9.08 Å². The molecule has 0 atom stereocenters. The van der Waals surface area contributed by atoms with Gasteiger partial charge < -0.3 is 13.7 Å². The lowest BCUT2D eigenvalue weighted by atomic mass is 10.1. The van der Waals surface area contributed by atoms with E-state index in [1.807, 2.05) is 6.92 Å². The van der Waals surface area contributed by atoms with Crippen molar-refractivity contribution in [1.82, 2.24) is 0 Å². The van der Waals surface area contributed by atoms with Gasteiger partial charge in [0.15, 0.2) is 0 Å². The van der Waals surface area contributed by atoms with Crippen molar-refractivity contribution < 1.29 is 31.2 Å². The number of carbonyl (C=O) groups is 1. The van der Waals surface area contributed by atoms with Crippen LogP contribution in [0.15, 0.2) is 47.6 Å². The SMILES string of the molecule is Cc1ccc(OS(=O)(=O)ON=CCCCOc2ccc3c(c2)COC(=O)N3)cc1. The van der Waals surface area contributed by atoms with E-state index in [2.05, 4.69) is 14.8 Å². The van der Waals surface area contributed by atoms with E-state index in [4.69, 9.17) is 13.7 Å². The lowest BCUT2D eigenvalue weighted by molar-refractivity contribution is 0.151. The first-order valence-corrected chi connectivity index (χ1v) is 10.2. The summed E-state index contributed by atoms with van der Waals surface area (Å²) in [5.74, 6) is 0.792. The lowest BCUT2D eigenvalue weighted by Crippen LogP contribution is -2.20. The Labute approximate surface area is 168 Å². The quantitative estimate of drug-likeness (QED) is 0.375. The molecule has 0 saturated carbocycles. The van der Waals surface area contributed by atoms with E-state index >= 15 is 0 Å². The fraction of sp³-hybridized carbons (Fsp3) is 0.263. The highest BCUT2D eigenvalue weighted by Gasteiger charge is 2.16. The first kappa shape index (κ1) is 20.5. The predicted molar refractivity (Wildman–Crippen MR) is 105 cm³/mol. The second kappa shape index (κ2) is 9.28. The Balaban J connectivity index is 1.36. The van der Waals surface area contributed by atoms with Crippen LogP contribution in [0.4, 0.5) is 10.5 Å². The number of ether oxygens (including phenoxy) is 2. The molecule has 29 heavy (non-hydrogen) atoms. The van der Waals surface area contributed by atoms with E-state index in [0.717, 1.165) is 11.1 Å². The van der Waals surface area contributed by atoms with Crippen molar-refractivity contribution in [3.8, 4) is 11.5 Å². The van der Waals surface area contributed by atoms with Crippen molar-refractivity contribution in [2.24, 2.45) is 5.16 Å². The number of oxime groups is 1. The standard InChI is InChI=1S/C19H20N2O7S/c1-14-4-6-16(7-5-14)27-29(23,24)28-20-10-2-3-11-25-17-8-9-18-15(12-17)13-26-19(22)21-18/h4-10,12H,2-3,11,13H2,1H3,(H,21,22). The average molecular weight is 420 g/mol. The molecule has 0 aromatic heterocycles. The average Bonchev–Trinajstić information content (AvgIpc) is 2.69. The van der Waals surface area contributed by atoms with Crippen LogP contribution >= 0.6 is 0 Å². The Morgan fingerprint density at radius 3 is 2.72 bits per heavy atom. The number of carbonyl (C=O) groups excluding carboxylic acids is 1. The molecule has 1 aliphatic rings. The number of unbranched alkanes of at least 4 members (excludes halogenated alkanes) is 1. The van der Waals surface area contributed by atoms with E-state index in [-0.39, 0.29) is 12.4 Å². The molecule has 1 heterocycles. The van der Waals surface area contributed by atoms with Crippen LogP contribution in [0.25, 0.3) is 0 Å². The Morgan fingerprint density at radius 1 is 1.17 bits per heavy atom. The summed E-state index contributed by atoms with van der Waals surface area (Å²) >= 11 is 0. The van der Waals surface area contributed by atoms with Crippen LogP contribution in [-0.4, -0.2) is 27.3 Å². The molecule has 1 aliphatic heterocycles. The van der Waals surface area contributed by atoms with Gasteiger partial charge in [-0.05, 0) is 50.1 Å². The molecular weight excluding hydrogens is 400 g/mol. The Kier molecular flexibility index (Phi) is 6.55. The number of cyclic esters (lactones) is 1. The van der Waals surface area contributed by atoms with Gasteiger partial charge in [0.25, 0.3) is 0 Å². The van der Waals surface area contributed by atoms with Crippen molar-refractivity contribution >= 4 is 28.4 Å². The maximum Gasteiger partial charge on any atom is 0.521 e. The Morgan fingerprint density at radius 2 is 1.93 bits per heavy atom. The molecule has 9 nitrogen and oxygen atoms in total. The van der Waals surface area contributed by atoms with Crippen LogP contribution in [-0.2, 0) is 26.0 Å². The van der Waals surface area contributed by atoms with Crippen LogP contribution < -0.4 is 14.2 Å². The highest BCUT2D eigenvalue weighted by Crippen LogP contribution is 2.26. The Hall–Kier alpha value is -3.27. The predicted octanol–water partition coefficient (Wildman–Crippen LogP) is 3.54. The Bertz CT molecular complexity index is 988. The van der Waals surface area contributed by atoms with E-state index in [9.17, 15) is 13.2 Å². The number of benzene rings is 2. The summed E-state index contributed by atoms with van der Waals surface area (Å²) in [6.45, 7) is 2.47. The molecule has 10 heteroatoms. The van der Waals surface area contributed by atoms with Gasteiger partial charge in [-0.1, -0.05) is 22.9 Å². The van der Waals surface area contributed by atoms with Gasteiger partial charge >= 0.3 is 16.5 Å². The minimum atomic E-state index is -4.27. The molecule has 0 saturated heterocycles. The van der Waals surface area contributed by atoms with Crippen LogP contribution in [0.3, 0.4) is 0 Å². The summed E-state index contributed by atoms with van der Waals surface area (Å²) < 4.78 is 43.1. The second-order valence-electron chi connectivity index (χ2n) is 6.18. The van der Waals surface area contributed by atoms with Crippen LogP contribution in [0.5, 0.6) is 11.5 Å². The minimum Gasteiger partial charge on any atom is -0.494 e. The maximum absolute atomic E-state index is 11.7. The molecular formula is C19H20N2O7S. The maximum atomic E-state index is 11.7. The first-order chi connectivity index (χ1) is 13.9. The van der Waals surface area contributed by atoms with E-state index in [0.29, 0.717) is 30.9 Å². The van der Waals surface area contributed by atoms with Gasteiger partial charge in [-0.3, -0.25) is 5.32 Å². The summed E-state index contributed by atoms with van der Waals surface area (Å²) in [5.41, 5.74) is 2.51. The molecule has 0 spiro atoms. The molecule has 1 amide bonds. The number of nitrogens with one attached hydrogen (secondary N) is 1. The number of nitrogens with zero attached hydrogens (tertiary/aromatic N) is 1. The number of hydrogen-bond donors (Lipinski definition) is 1. The van der Waals surface area contributed by atoms with Crippen molar-refractivity contribution in [2.75, 3.05) is 11.9 Å². The molecule has 2 aromatic carbocycles. The zero-order valence-corrected chi connectivity index (χ0v) is 16.5. The number of amides is 1. The van der Waals surface area contributed by atoms with Crippen molar-refractivity contribution in [3.63, 3.8) is 0 Å². The molecule has 3 rings (SSSR count). The van der Waals surface area contributed by atoms with E-state index in [1.165, 1.54) is 18.3 Å². The summed E-state index contributed by atoms with van der Waals surface area (Å²) in [6, 6.07) is 11.8. The fourth-order valence-corrected chi connectivity index (χ4v) is 2.96. The summed E-state index contributed by atoms with van der Waals surface area (Å²) in [4.78, 5) is 11.1. The van der Waals surface area contributed by atoms with Crippen molar-refractivity contribution in [2.45, 2.75) is 26.4 Å². The first-order valence-electron chi connectivity index (χ1n) is 8.82. The van der Waals surface area contributed by atoms with E-state index in [1.54, 1.807) is 30.3 Å². The number of fused-ring (bicyclic) bond motifs is 1.